The van der Waals surface area contributed by atoms with Crippen molar-refractivity contribution in [2.75, 3.05) is 19.5 Å². The van der Waals surface area contributed by atoms with Crippen LogP contribution in [0.25, 0.3) is 11.2 Å². The molecule has 1 fully saturated rings. The second-order valence-electron chi connectivity index (χ2n) is 6.34. The number of ether oxygens (including phenoxy) is 3. The number of nitrogen functional groups attached to an aromatic ring is 1. The third-order valence-electron chi connectivity index (χ3n) is 4.61. The Hall–Kier alpha value is -3.24. The van der Waals surface area contributed by atoms with E-state index in [0.29, 0.717) is 28.9 Å². The van der Waals surface area contributed by atoms with Crippen molar-refractivity contribution in [3.63, 3.8) is 0 Å². The number of carbonyl (C=O) groups excluding carboxylic acids is 1. The van der Waals surface area contributed by atoms with Gasteiger partial charge in [0.1, 0.15) is 36.5 Å². The fraction of sp³-hybridized carbons (Fsp3) is 0.333. The van der Waals surface area contributed by atoms with E-state index in [-0.39, 0.29) is 12.4 Å². The highest BCUT2D eigenvalue weighted by molar-refractivity contribution is 5.89. The number of benzene rings is 1. The van der Waals surface area contributed by atoms with Crippen LogP contribution in [-0.2, 0) is 9.47 Å². The lowest BCUT2D eigenvalue weighted by Gasteiger charge is -2.16. The molecule has 0 saturated carbocycles. The molecule has 10 nitrogen and oxygen atoms in total. The van der Waals surface area contributed by atoms with Crippen molar-refractivity contribution in [3.05, 3.63) is 42.5 Å². The Bertz CT molecular complexity index is 990. The Morgan fingerprint density at radius 2 is 2.11 bits per heavy atom. The number of esters is 1. The summed E-state index contributed by atoms with van der Waals surface area (Å²) in [6.45, 7) is -0.0771. The molecule has 3 aromatic rings. The number of aliphatic hydroxyl groups excluding tert-OH is 1. The van der Waals surface area contributed by atoms with Gasteiger partial charge in [0.25, 0.3) is 0 Å². The van der Waals surface area contributed by atoms with E-state index in [0.717, 1.165) is 0 Å². The number of nitrogens with two attached hydrogens (primary N) is 1. The lowest BCUT2D eigenvalue weighted by Crippen LogP contribution is -2.28. The summed E-state index contributed by atoms with van der Waals surface area (Å²) >= 11 is 0. The molecule has 0 bridgehead atoms. The van der Waals surface area contributed by atoms with Crippen LogP contribution < -0.4 is 10.5 Å². The van der Waals surface area contributed by atoms with Gasteiger partial charge in [-0.15, -0.1) is 0 Å². The first-order valence-corrected chi connectivity index (χ1v) is 8.64. The molecular formula is C18H19N5O5. The van der Waals surface area contributed by atoms with Gasteiger partial charge in [-0.2, -0.15) is 0 Å². The zero-order chi connectivity index (χ0) is 19.7. The number of rotatable bonds is 5. The number of carbonyl (C=O) groups is 1. The minimum atomic E-state index is -0.801. The van der Waals surface area contributed by atoms with Crippen LogP contribution in [0.15, 0.2) is 36.9 Å². The lowest BCUT2D eigenvalue weighted by molar-refractivity contribution is -0.0509. The fourth-order valence-corrected chi connectivity index (χ4v) is 3.08. The Morgan fingerprint density at radius 3 is 2.86 bits per heavy atom. The van der Waals surface area contributed by atoms with Gasteiger partial charge >= 0.3 is 5.97 Å². The first kappa shape index (κ1) is 18.1. The number of hydrogen-bond acceptors (Lipinski definition) is 9. The van der Waals surface area contributed by atoms with Crippen molar-refractivity contribution in [1.82, 2.24) is 19.5 Å². The standard InChI is InChI=1S/C18H19N5O5/c1-26-11-4-2-10(3-5-11)18(25)27-7-13-12(24)6-14(28-13)23-9-22-15-16(19)20-8-21-17(15)23/h2-5,8-9,12-14,24H,6-7H2,1H3,(H2,19,20,21)/t12-,13+,14+/m0/s1. The molecule has 28 heavy (non-hydrogen) atoms. The highest BCUT2D eigenvalue weighted by atomic mass is 16.6. The van der Waals surface area contributed by atoms with E-state index in [1.165, 1.54) is 6.33 Å². The average Bonchev–Trinajstić information content (AvgIpc) is 3.30. The third kappa shape index (κ3) is 3.35. The summed E-state index contributed by atoms with van der Waals surface area (Å²) in [6.07, 6.45) is 1.22. The number of aromatic nitrogens is 4. The molecule has 3 atom stereocenters. The smallest absolute Gasteiger partial charge is 0.338 e. The van der Waals surface area contributed by atoms with Crippen molar-refractivity contribution >= 4 is 23.0 Å². The van der Waals surface area contributed by atoms with E-state index >= 15 is 0 Å². The molecule has 146 valence electrons. The van der Waals surface area contributed by atoms with Crippen LogP contribution in [0.1, 0.15) is 23.0 Å². The van der Waals surface area contributed by atoms with Crippen LogP contribution in [0.5, 0.6) is 5.75 Å². The SMILES string of the molecule is COc1ccc(C(=O)OC[C@H]2O[C@@H](n3cnc4c(N)ncnc43)C[C@@H]2O)cc1. The summed E-state index contributed by atoms with van der Waals surface area (Å²) in [4.78, 5) is 24.5. The van der Waals surface area contributed by atoms with Crippen molar-refractivity contribution in [2.45, 2.75) is 24.9 Å². The van der Waals surface area contributed by atoms with Crippen LogP contribution in [0.3, 0.4) is 0 Å². The highest BCUT2D eigenvalue weighted by Gasteiger charge is 2.36. The highest BCUT2D eigenvalue weighted by Crippen LogP contribution is 2.31. The second kappa shape index (κ2) is 7.41. The van der Waals surface area contributed by atoms with Gasteiger partial charge in [-0.3, -0.25) is 4.57 Å². The minimum absolute atomic E-state index is 0.0771. The molecule has 0 aliphatic carbocycles. The molecule has 0 radical (unpaired) electrons. The first-order valence-electron chi connectivity index (χ1n) is 8.64. The van der Waals surface area contributed by atoms with Crippen molar-refractivity contribution in [1.29, 1.82) is 0 Å². The van der Waals surface area contributed by atoms with Gasteiger partial charge in [0, 0.05) is 6.42 Å². The van der Waals surface area contributed by atoms with Crippen molar-refractivity contribution in [2.24, 2.45) is 0 Å². The molecule has 0 unspecified atom stereocenters. The largest absolute Gasteiger partial charge is 0.497 e. The zero-order valence-electron chi connectivity index (χ0n) is 15.1. The average molecular weight is 385 g/mol. The van der Waals surface area contributed by atoms with Gasteiger partial charge in [-0.05, 0) is 24.3 Å². The van der Waals surface area contributed by atoms with Gasteiger partial charge in [-0.25, -0.2) is 19.7 Å². The van der Waals surface area contributed by atoms with Gasteiger partial charge in [0.05, 0.1) is 25.1 Å². The van der Waals surface area contributed by atoms with Crippen LogP contribution in [0, 0.1) is 0 Å². The number of nitrogens with zero attached hydrogens (tertiary/aromatic N) is 4. The monoisotopic (exact) mass is 385 g/mol. The van der Waals surface area contributed by atoms with Crippen LogP contribution >= 0.6 is 0 Å². The summed E-state index contributed by atoms with van der Waals surface area (Å²) in [5.74, 6) is 0.411. The molecule has 4 rings (SSSR count). The molecule has 3 heterocycles. The Morgan fingerprint density at radius 1 is 1.32 bits per heavy atom. The van der Waals surface area contributed by atoms with Gasteiger partial charge < -0.3 is 25.1 Å². The fourth-order valence-electron chi connectivity index (χ4n) is 3.08. The molecule has 1 aliphatic heterocycles. The Kier molecular flexibility index (Phi) is 4.80. The number of aliphatic hydroxyl groups is 1. The maximum atomic E-state index is 12.2. The van der Waals surface area contributed by atoms with Crippen LogP contribution in [-0.4, -0.2) is 56.5 Å². The molecule has 0 amide bonds. The molecular weight excluding hydrogens is 366 g/mol. The van der Waals surface area contributed by atoms with E-state index in [4.69, 9.17) is 19.9 Å². The third-order valence-corrected chi connectivity index (χ3v) is 4.61. The van der Waals surface area contributed by atoms with Crippen LogP contribution in [0.4, 0.5) is 5.82 Å². The van der Waals surface area contributed by atoms with Gasteiger partial charge in [0.15, 0.2) is 11.5 Å². The minimum Gasteiger partial charge on any atom is -0.497 e. The summed E-state index contributed by atoms with van der Waals surface area (Å²) < 4.78 is 17.9. The maximum absolute atomic E-state index is 12.2. The van der Waals surface area contributed by atoms with Crippen molar-refractivity contribution < 1.29 is 24.1 Å². The molecule has 10 heteroatoms. The predicted octanol–water partition coefficient (Wildman–Crippen LogP) is 0.922. The molecule has 1 aromatic carbocycles. The molecule has 1 saturated heterocycles. The quantitative estimate of drug-likeness (QED) is 0.615. The Balaban J connectivity index is 1.41. The summed E-state index contributed by atoms with van der Waals surface area (Å²) in [6, 6.07) is 6.56. The summed E-state index contributed by atoms with van der Waals surface area (Å²) in [7, 11) is 1.55. The van der Waals surface area contributed by atoms with Crippen LogP contribution in [0.2, 0.25) is 0 Å². The van der Waals surface area contributed by atoms with E-state index in [1.807, 2.05) is 0 Å². The molecule has 0 spiro atoms. The molecule has 3 N–H and O–H groups in total. The van der Waals surface area contributed by atoms with Crippen molar-refractivity contribution in [3.8, 4) is 5.75 Å². The van der Waals surface area contributed by atoms with E-state index in [2.05, 4.69) is 15.0 Å². The molecule has 2 aromatic heterocycles. The topological polar surface area (TPSA) is 135 Å². The Labute approximate surface area is 159 Å². The molecule has 1 aliphatic rings. The summed E-state index contributed by atoms with van der Waals surface area (Å²) in [5, 5.41) is 10.3. The summed E-state index contributed by atoms with van der Waals surface area (Å²) in [5.41, 5.74) is 7.16. The number of fused-ring (bicyclic) bond motifs is 1. The lowest BCUT2D eigenvalue weighted by atomic mass is 10.2. The zero-order valence-corrected chi connectivity index (χ0v) is 15.1. The number of methoxy groups -OCH3 is 1. The number of hydrogen-bond donors (Lipinski definition) is 2. The maximum Gasteiger partial charge on any atom is 0.338 e. The van der Waals surface area contributed by atoms with Gasteiger partial charge in [0.2, 0.25) is 0 Å². The second-order valence-corrected chi connectivity index (χ2v) is 6.34. The van der Waals surface area contributed by atoms with E-state index in [1.54, 1.807) is 42.3 Å². The first-order chi connectivity index (χ1) is 13.6. The normalized spacial score (nSPS) is 21.7. The predicted molar refractivity (Wildman–Crippen MR) is 97.5 cm³/mol. The number of anilines is 1. The number of imidazole rings is 1. The van der Waals surface area contributed by atoms with E-state index < -0.39 is 24.4 Å². The van der Waals surface area contributed by atoms with Gasteiger partial charge in [-0.1, -0.05) is 0 Å². The van der Waals surface area contributed by atoms with E-state index in [9.17, 15) is 9.90 Å².